The van der Waals surface area contributed by atoms with Crippen LogP contribution in [0, 0.1) is 5.92 Å². The van der Waals surface area contributed by atoms with Crippen molar-refractivity contribution < 1.29 is 13.2 Å². The van der Waals surface area contributed by atoms with E-state index in [-0.39, 0.29) is 12.1 Å². The molecule has 1 aliphatic rings. The summed E-state index contributed by atoms with van der Waals surface area (Å²) in [6, 6.07) is 4.44. The van der Waals surface area contributed by atoms with Gasteiger partial charge in [0.2, 0.25) is 0 Å². The summed E-state index contributed by atoms with van der Waals surface area (Å²) in [6.45, 7) is 3.66. The molecule has 1 heterocycles. The highest BCUT2D eigenvalue weighted by atomic mass is 19.4. The molecular formula is C13H17F3N2. The third-order valence-electron chi connectivity index (χ3n) is 3.41. The van der Waals surface area contributed by atoms with Crippen LogP contribution < -0.4 is 10.6 Å². The van der Waals surface area contributed by atoms with E-state index in [2.05, 4.69) is 6.92 Å². The third-order valence-corrected chi connectivity index (χ3v) is 3.41. The van der Waals surface area contributed by atoms with Crippen molar-refractivity contribution in [3.63, 3.8) is 0 Å². The first-order chi connectivity index (χ1) is 8.41. The average Bonchev–Trinajstić information content (AvgIpc) is 2.74. The van der Waals surface area contributed by atoms with Crippen LogP contribution in [0.1, 0.15) is 24.5 Å². The first kappa shape index (κ1) is 13.2. The van der Waals surface area contributed by atoms with E-state index < -0.39 is 11.7 Å². The van der Waals surface area contributed by atoms with Crippen LogP contribution in [0.5, 0.6) is 0 Å². The van der Waals surface area contributed by atoms with Gasteiger partial charge < -0.3 is 10.6 Å². The monoisotopic (exact) mass is 258 g/mol. The van der Waals surface area contributed by atoms with Crippen LogP contribution in [0.2, 0.25) is 0 Å². The molecule has 2 nitrogen and oxygen atoms in total. The second kappa shape index (κ2) is 4.80. The van der Waals surface area contributed by atoms with E-state index in [1.165, 1.54) is 12.1 Å². The molecule has 1 aromatic carbocycles. The summed E-state index contributed by atoms with van der Waals surface area (Å²) < 4.78 is 38.7. The molecule has 0 bridgehead atoms. The lowest BCUT2D eigenvalue weighted by Crippen LogP contribution is -2.20. The van der Waals surface area contributed by atoms with Crippen molar-refractivity contribution in [1.29, 1.82) is 0 Å². The topological polar surface area (TPSA) is 29.3 Å². The Balaban J connectivity index is 2.34. The molecule has 1 aromatic rings. The molecule has 1 atom stereocenters. The van der Waals surface area contributed by atoms with Gasteiger partial charge in [-0.25, -0.2) is 0 Å². The largest absolute Gasteiger partial charge is 0.416 e. The fourth-order valence-electron chi connectivity index (χ4n) is 2.37. The zero-order valence-electron chi connectivity index (χ0n) is 10.3. The van der Waals surface area contributed by atoms with E-state index >= 15 is 0 Å². The van der Waals surface area contributed by atoms with Crippen molar-refractivity contribution >= 4 is 5.69 Å². The lowest BCUT2D eigenvalue weighted by Gasteiger charge is -2.21. The number of anilines is 1. The van der Waals surface area contributed by atoms with Gasteiger partial charge in [-0.15, -0.1) is 0 Å². The van der Waals surface area contributed by atoms with Gasteiger partial charge in [0.1, 0.15) is 0 Å². The van der Waals surface area contributed by atoms with Crippen LogP contribution in [0.4, 0.5) is 18.9 Å². The molecule has 0 aliphatic carbocycles. The number of alkyl halides is 3. The molecule has 0 radical (unpaired) electrons. The number of benzene rings is 1. The number of halogens is 3. The van der Waals surface area contributed by atoms with Crippen molar-refractivity contribution in [2.24, 2.45) is 11.7 Å². The third kappa shape index (κ3) is 2.61. The molecule has 0 amide bonds. The van der Waals surface area contributed by atoms with E-state index in [4.69, 9.17) is 5.73 Å². The van der Waals surface area contributed by atoms with Crippen molar-refractivity contribution in [3.8, 4) is 0 Å². The smallest absolute Gasteiger partial charge is 0.371 e. The molecule has 18 heavy (non-hydrogen) atoms. The Labute approximate surface area is 105 Å². The molecule has 0 spiro atoms. The first-order valence-electron chi connectivity index (χ1n) is 6.07. The highest BCUT2D eigenvalue weighted by Crippen LogP contribution is 2.35. The molecule has 2 N–H and O–H groups in total. The van der Waals surface area contributed by atoms with E-state index in [0.29, 0.717) is 11.6 Å². The zero-order chi connectivity index (χ0) is 13.3. The maximum absolute atomic E-state index is 12.9. The number of nitrogens with two attached hydrogens (primary N) is 1. The number of nitrogens with zero attached hydrogens (tertiary/aromatic N) is 1. The van der Waals surface area contributed by atoms with E-state index in [0.717, 1.165) is 19.5 Å². The summed E-state index contributed by atoms with van der Waals surface area (Å²) in [6.07, 6.45) is -3.31. The summed E-state index contributed by atoms with van der Waals surface area (Å²) in [7, 11) is 0. The molecule has 2 rings (SSSR count). The maximum atomic E-state index is 12.9. The minimum Gasteiger partial charge on any atom is -0.371 e. The van der Waals surface area contributed by atoms with Gasteiger partial charge >= 0.3 is 6.18 Å². The Bertz CT molecular complexity index is 429. The molecule has 5 heteroatoms. The Morgan fingerprint density at radius 1 is 1.39 bits per heavy atom. The minimum absolute atomic E-state index is 0.0917. The number of hydrogen-bond acceptors (Lipinski definition) is 2. The van der Waals surface area contributed by atoms with Gasteiger partial charge in [0.25, 0.3) is 0 Å². The normalized spacial score (nSPS) is 20.5. The van der Waals surface area contributed by atoms with E-state index in [1.807, 2.05) is 4.90 Å². The first-order valence-corrected chi connectivity index (χ1v) is 6.07. The van der Waals surface area contributed by atoms with E-state index in [9.17, 15) is 13.2 Å². The molecule has 1 unspecified atom stereocenters. The number of rotatable bonds is 2. The quantitative estimate of drug-likeness (QED) is 0.883. The Morgan fingerprint density at radius 3 is 2.61 bits per heavy atom. The van der Waals surface area contributed by atoms with Gasteiger partial charge in [0.15, 0.2) is 0 Å². The molecular weight excluding hydrogens is 241 g/mol. The Hall–Kier alpha value is -1.23. The van der Waals surface area contributed by atoms with Gasteiger partial charge in [-0.05, 0) is 30.0 Å². The van der Waals surface area contributed by atoms with Crippen LogP contribution in [-0.4, -0.2) is 13.1 Å². The average molecular weight is 258 g/mol. The zero-order valence-corrected chi connectivity index (χ0v) is 10.3. The second-order valence-electron chi connectivity index (χ2n) is 4.88. The van der Waals surface area contributed by atoms with Crippen LogP contribution in [0.15, 0.2) is 18.2 Å². The van der Waals surface area contributed by atoms with Gasteiger partial charge in [-0.2, -0.15) is 13.2 Å². The lowest BCUT2D eigenvalue weighted by molar-refractivity contribution is -0.138. The van der Waals surface area contributed by atoms with Gasteiger partial charge in [0, 0.05) is 25.3 Å². The summed E-state index contributed by atoms with van der Waals surface area (Å²) >= 11 is 0. The van der Waals surface area contributed by atoms with Gasteiger partial charge in [-0.3, -0.25) is 0 Å². The van der Waals surface area contributed by atoms with Crippen molar-refractivity contribution in [3.05, 3.63) is 29.3 Å². The molecule has 1 fully saturated rings. The lowest BCUT2D eigenvalue weighted by atomic mass is 10.1. The minimum atomic E-state index is -4.34. The summed E-state index contributed by atoms with van der Waals surface area (Å²) in [5, 5.41) is 0. The van der Waals surface area contributed by atoms with Crippen LogP contribution in [-0.2, 0) is 12.7 Å². The van der Waals surface area contributed by atoms with Crippen LogP contribution in [0.25, 0.3) is 0 Å². The fraction of sp³-hybridized carbons (Fsp3) is 0.538. The van der Waals surface area contributed by atoms with Crippen molar-refractivity contribution in [2.45, 2.75) is 26.1 Å². The fourth-order valence-corrected chi connectivity index (χ4v) is 2.37. The molecule has 100 valence electrons. The molecule has 1 saturated heterocycles. The summed E-state index contributed by atoms with van der Waals surface area (Å²) in [5.74, 6) is 0.536. The van der Waals surface area contributed by atoms with E-state index in [1.54, 1.807) is 6.07 Å². The predicted octanol–water partition coefficient (Wildman–Crippen LogP) is 3.01. The van der Waals surface area contributed by atoms with Gasteiger partial charge in [-0.1, -0.05) is 13.0 Å². The number of hydrogen-bond donors (Lipinski definition) is 1. The Morgan fingerprint density at radius 2 is 2.11 bits per heavy atom. The molecule has 0 saturated carbocycles. The van der Waals surface area contributed by atoms with Crippen molar-refractivity contribution in [2.75, 3.05) is 18.0 Å². The van der Waals surface area contributed by atoms with Crippen LogP contribution in [0.3, 0.4) is 0 Å². The van der Waals surface area contributed by atoms with Gasteiger partial charge in [0.05, 0.1) is 5.56 Å². The second-order valence-corrected chi connectivity index (χ2v) is 4.88. The maximum Gasteiger partial charge on any atom is 0.416 e. The standard InChI is InChI=1S/C13H17F3N2/c1-9-4-5-18(8-9)11-3-2-10(7-17)12(6-11)13(14,15)16/h2-3,6,9H,4-5,7-8,17H2,1H3. The summed E-state index contributed by atoms with van der Waals surface area (Å²) in [4.78, 5) is 2.00. The Kier molecular flexibility index (Phi) is 3.52. The highest BCUT2D eigenvalue weighted by Gasteiger charge is 2.34. The molecule has 0 aromatic heterocycles. The predicted molar refractivity (Wildman–Crippen MR) is 65.3 cm³/mol. The molecule has 1 aliphatic heterocycles. The SMILES string of the molecule is CC1CCN(c2ccc(CN)c(C(F)(F)F)c2)C1. The van der Waals surface area contributed by atoms with Crippen molar-refractivity contribution in [1.82, 2.24) is 0 Å². The van der Waals surface area contributed by atoms with Crippen LogP contribution >= 0.6 is 0 Å². The highest BCUT2D eigenvalue weighted by molar-refractivity contribution is 5.52. The summed E-state index contributed by atoms with van der Waals surface area (Å²) in [5.41, 5.74) is 5.54.